The van der Waals surface area contributed by atoms with E-state index in [2.05, 4.69) is 27.4 Å². The molecule has 18 bridgehead atoms. The van der Waals surface area contributed by atoms with Gasteiger partial charge in [-0.1, -0.05) is 35.2 Å². The number of ether oxygens (including phenoxy) is 9. The van der Waals surface area contributed by atoms with Crippen LogP contribution in [0, 0.1) is 59.6 Å². The van der Waals surface area contributed by atoms with Crippen molar-refractivity contribution < 1.29 is 141 Å². The van der Waals surface area contributed by atoms with Gasteiger partial charge in [-0.3, -0.25) is 39.8 Å². The van der Waals surface area contributed by atoms with Gasteiger partial charge < -0.3 is 83.0 Å². The minimum absolute atomic E-state index is 0.0121. The number of carboxylic acid groups (broad SMARTS) is 2. The molecule has 0 saturated heterocycles. The number of nitrogens with zero attached hydrogens (tertiary/aromatic N) is 1. The third-order valence-electron chi connectivity index (χ3n) is 35.9. The predicted octanol–water partition coefficient (Wildman–Crippen LogP) is 15.8. The molecule has 120 heavy (non-hydrogen) atoms. The van der Waals surface area contributed by atoms with Crippen LogP contribution in [0.5, 0.6) is 0 Å². The SMILES string of the molecule is COC(=O)C12CCC(Br)(CC1)CC2.COC(=O)C12CCC(C(=O)O)(CC1)CC2.COC(=O)C12CCC(O)(CC1)CC2.COC(=O)C12CCC(OC)(CC1)CC2.COC(=O)C12CCC([C-]=O)(CC1)CC2.COC12CCC(/C=N/O)(CC1)CC2.COC12CCC(C=O)(CC1)CC2.COC12CCC(CO)(CC1)CC2.O=C(O)C12CCC(O)(CC1)CC2.[O]=[Ag]. The summed E-state index contributed by atoms with van der Waals surface area (Å²) in [6.07, 6.45) is 54.9. The van der Waals surface area contributed by atoms with Crippen LogP contribution in [0.15, 0.2) is 5.16 Å². The Balaban J connectivity index is 0.000000153. The van der Waals surface area contributed by atoms with Gasteiger partial charge in [0.2, 0.25) is 0 Å². The average Bonchev–Trinajstić information content (AvgIpc) is 0.750. The van der Waals surface area contributed by atoms with Gasteiger partial charge in [0, 0.05) is 56.4 Å². The molecule has 0 aliphatic heterocycles. The van der Waals surface area contributed by atoms with Crippen molar-refractivity contribution in [2.75, 3.05) is 70.6 Å². The van der Waals surface area contributed by atoms with Crippen LogP contribution in [-0.4, -0.2) is 200 Å². The Morgan fingerprint density at radius 3 is 0.767 bits per heavy atom. The fourth-order valence-electron chi connectivity index (χ4n) is 24.9. The number of carbonyl (C=O) groups excluding carboxylic acids is 7. The summed E-state index contributed by atoms with van der Waals surface area (Å²) < 4.78 is 54.9. The number of carboxylic acids is 2. The van der Waals surface area contributed by atoms with E-state index in [1.165, 1.54) is 41.8 Å². The van der Waals surface area contributed by atoms with Crippen molar-refractivity contribution >= 4 is 76.5 Å². The number of fused-ring (bicyclic) bond motifs is 27. The van der Waals surface area contributed by atoms with Crippen LogP contribution < -0.4 is 0 Å². The normalized spacial score (nSPS) is 42.5. The van der Waals surface area contributed by atoms with Crippen molar-refractivity contribution in [3.63, 3.8) is 0 Å². The summed E-state index contributed by atoms with van der Waals surface area (Å²) in [5.41, 5.74) is -2.33. The molecule has 0 spiro atoms. The molecule has 0 aromatic heterocycles. The Hall–Kier alpha value is -4.16. The van der Waals surface area contributed by atoms with Crippen molar-refractivity contribution in [2.45, 2.75) is 385 Å². The number of rotatable bonds is 15. The molecule has 27 saturated carbocycles. The van der Waals surface area contributed by atoms with E-state index in [9.17, 15) is 63.6 Å². The van der Waals surface area contributed by atoms with E-state index in [1.54, 1.807) is 41.5 Å². The Labute approximate surface area is 732 Å². The standard InChI is InChI=1S/C11H16O4.C11H18O3.C11H15O3.C10H15BrO2.C10H17NO2.C10H16O3.C10H18O2.C10H16O2.C9H14O3.Ag.O/c1-15-9(14)11-5-2-10(3-6-11,4-7-11)8(12)13;1-13-9(12)10-3-6-11(14-2,7-4-10)8-5-10;1-14-9(13)11-5-2-10(8-12,3-6-11)4-7-11;1-13-8(12)9-2-5-10(11,6-3-9)7-4-9;1-13-10-5-2-9(3-6-10,4-7-10)8-11-12;1-13-8(11)9-2-5-10(12,6-3-9)7-4-9;2*1-12-10-5-2-9(8-11,3-6-10)4-7-10;10-7(11)8-1-4-9(12,5-2-8)6-3-8;;/h2-7H2,1H3,(H,12,13);3-8H2,1-2H3;2-7H2,1H3;2-7H2,1H3;8,12H,2-7H2,1H3;12H,2-7H2,1H3;11H,2-8H2,1H3;8H,2-7H2,1H3;12H,1-6H2,(H,10,11);;/q;;-1;;;;;;;;/b;;;;11-8+;;;;;;. The number of oxime groups is 1. The zero-order chi connectivity index (χ0) is 88.1. The molecule has 28 heteroatoms. The number of halogens is 1. The topological polar surface area (TPSA) is 388 Å². The molecule has 0 radical (unpaired) electrons. The Bertz CT molecular complexity index is 3280. The van der Waals surface area contributed by atoms with E-state index in [-0.39, 0.29) is 101 Å². The minimum atomic E-state index is -0.694. The van der Waals surface area contributed by atoms with E-state index in [4.69, 9.17) is 56.2 Å². The van der Waals surface area contributed by atoms with E-state index in [1.807, 2.05) is 14.2 Å². The molecule has 27 aliphatic rings. The van der Waals surface area contributed by atoms with Gasteiger partial charge in [0.15, 0.2) is 0 Å². The van der Waals surface area contributed by atoms with Crippen LogP contribution in [0.4, 0.5) is 0 Å². The van der Waals surface area contributed by atoms with Crippen LogP contribution in [0.2, 0.25) is 0 Å². The van der Waals surface area contributed by atoms with Crippen molar-refractivity contribution in [1.82, 2.24) is 0 Å². The maximum atomic E-state index is 11.7. The number of aliphatic carboxylic acids is 2. The van der Waals surface area contributed by atoms with Crippen LogP contribution in [-0.2, 0) is 110 Å². The van der Waals surface area contributed by atoms with Crippen LogP contribution >= 0.6 is 15.9 Å². The number of aliphatic hydroxyl groups is 3. The summed E-state index contributed by atoms with van der Waals surface area (Å²) in [6.45, 7) is 0.382. The van der Waals surface area contributed by atoms with E-state index in [0.29, 0.717) is 88.0 Å². The van der Waals surface area contributed by atoms with E-state index < -0.39 is 34.0 Å². The number of aliphatic hydroxyl groups excluding tert-OH is 1. The van der Waals surface area contributed by atoms with Crippen molar-refractivity contribution in [3.05, 3.63) is 0 Å². The van der Waals surface area contributed by atoms with Gasteiger partial charge in [-0.05, 0) is 333 Å². The number of alkyl halides is 1. The van der Waals surface area contributed by atoms with Gasteiger partial charge in [-0.2, -0.15) is 0 Å². The Morgan fingerprint density at radius 1 is 0.333 bits per heavy atom. The molecule has 0 amide bonds. The monoisotopic (exact) mass is 1850 g/mol. The molecule has 27 rings (SSSR count). The molecular formula is C92H145AgBrNO25-. The van der Waals surface area contributed by atoms with Crippen molar-refractivity contribution in [2.24, 2.45) is 64.7 Å². The molecule has 0 heterocycles. The first kappa shape index (κ1) is 99.6. The molecule has 27 aliphatic carbocycles. The summed E-state index contributed by atoms with van der Waals surface area (Å²) in [5, 5.41) is 59.0. The number of hydrogen-bond acceptors (Lipinski definition) is 24. The first-order valence-electron chi connectivity index (χ1n) is 44.9. The molecular weight excluding hydrogens is 1710 g/mol. The van der Waals surface area contributed by atoms with Crippen LogP contribution in [0.1, 0.15) is 347 Å². The summed E-state index contributed by atoms with van der Waals surface area (Å²) in [5.74, 6) is -1.67. The van der Waals surface area contributed by atoms with Crippen LogP contribution in [0.25, 0.3) is 0 Å². The molecule has 0 atom stereocenters. The fourth-order valence-corrected chi connectivity index (χ4v) is 25.5. The van der Waals surface area contributed by atoms with Gasteiger partial charge in [-0.15, -0.1) is 10.6 Å². The number of esters is 5. The summed E-state index contributed by atoms with van der Waals surface area (Å²) in [4.78, 5) is 102. The van der Waals surface area contributed by atoms with Crippen molar-refractivity contribution in [3.8, 4) is 0 Å². The maximum absolute atomic E-state index is 11.7. The molecule has 6 N–H and O–H groups in total. The van der Waals surface area contributed by atoms with Crippen LogP contribution in [0.3, 0.4) is 0 Å². The van der Waals surface area contributed by atoms with Gasteiger partial charge >= 0.3 is 66.1 Å². The molecule has 0 unspecified atom stereocenters. The number of carbonyl (C=O) groups is 8. The first-order valence-corrected chi connectivity index (χ1v) is 46.3. The van der Waals surface area contributed by atoms with Gasteiger partial charge in [0.1, 0.15) is 6.29 Å². The van der Waals surface area contributed by atoms with Gasteiger partial charge in [-0.25, -0.2) is 0 Å². The molecule has 27 fully saturated rings. The molecule has 0 aromatic rings. The quantitative estimate of drug-likeness (QED) is 0.0102. The number of hydrogen-bond donors (Lipinski definition) is 6. The predicted molar refractivity (Wildman–Crippen MR) is 442 cm³/mol. The zero-order valence-corrected chi connectivity index (χ0v) is 76.7. The first-order chi connectivity index (χ1) is 56.9. The molecule has 0 aromatic carbocycles. The van der Waals surface area contributed by atoms with Crippen molar-refractivity contribution in [1.29, 1.82) is 0 Å². The second kappa shape index (κ2) is 40.0. The summed E-state index contributed by atoms with van der Waals surface area (Å²) in [6, 6.07) is 0. The summed E-state index contributed by atoms with van der Waals surface area (Å²) in [7, 11) is 14.5. The third kappa shape index (κ3) is 21.1. The second-order valence-electron chi connectivity index (χ2n) is 40.8. The number of aldehydes is 1. The number of methoxy groups -OCH3 is 9. The Morgan fingerprint density at radius 2 is 0.542 bits per heavy atom. The molecule has 687 valence electrons. The third-order valence-corrected chi connectivity index (χ3v) is 37.1. The van der Waals surface area contributed by atoms with Gasteiger partial charge in [0.25, 0.3) is 0 Å². The fraction of sp³-hybridized carbons (Fsp3) is 0.891. The Kier molecular flexibility index (Phi) is 33.2. The second-order valence-corrected chi connectivity index (χ2v) is 42.5. The summed E-state index contributed by atoms with van der Waals surface area (Å²) >= 11 is 5.48. The van der Waals surface area contributed by atoms with E-state index >= 15 is 0 Å². The zero-order valence-electron chi connectivity index (χ0n) is 73.6. The van der Waals surface area contributed by atoms with E-state index in [0.717, 1.165) is 270 Å². The van der Waals surface area contributed by atoms with Gasteiger partial charge in [0.05, 0.1) is 107 Å². The molecule has 26 nitrogen and oxygen atoms in total. The average molecular weight is 1850 g/mol.